The van der Waals surface area contributed by atoms with Crippen LogP contribution in [0.2, 0.25) is 0 Å². The van der Waals surface area contributed by atoms with Crippen LogP contribution in [-0.2, 0) is 11.2 Å². The number of nitriles is 1. The quantitative estimate of drug-likeness (QED) is 0.860. The van der Waals surface area contributed by atoms with E-state index in [0.29, 0.717) is 5.56 Å². The van der Waals surface area contributed by atoms with E-state index >= 15 is 0 Å². The number of methoxy groups -OCH3 is 1. The molecule has 7 nitrogen and oxygen atoms in total. The predicted octanol–water partition coefficient (Wildman–Crippen LogP) is 1.55. The summed E-state index contributed by atoms with van der Waals surface area (Å²) in [5.41, 5.74) is 2.82. The highest BCUT2D eigenvalue weighted by atomic mass is 16.5. The van der Waals surface area contributed by atoms with Crippen LogP contribution in [0, 0.1) is 11.3 Å². The monoisotopic (exact) mass is 322 g/mol. The van der Waals surface area contributed by atoms with Crippen molar-refractivity contribution in [2.45, 2.75) is 18.9 Å². The number of hydrogen-bond donors (Lipinski definition) is 1. The Bertz CT molecular complexity index is 857. The number of fused-ring (bicyclic) bond motifs is 1. The van der Waals surface area contributed by atoms with Crippen LogP contribution >= 0.6 is 0 Å². The van der Waals surface area contributed by atoms with Gasteiger partial charge in [-0.25, -0.2) is 14.8 Å². The van der Waals surface area contributed by atoms with Gasteiger partial charge in [-0.2, -0.15) is 5.26 Å². The smallest absolute Gasteiger partial charge is 0.356 e. The second-order valence-corrected chi connectivity index (χ2v) is 5.37. The predicted molar refractivity (Wildman–Crippen MR) is 83.1 cm³/mol. The molecule has 1 amide bonds. The van der Waals surface area contributed by atoms with Crippen LogP contribution in [0.3, 0.4) is 0 Å². The summed E-state index contributed by atoms with van der Waals surface area (Å²) >= 11 is 0. The van der Waals surface area contributed by atoms with Crippen molar-refractivity contribution in [3.05, 3.63) is 58.7 Å². The number of rotatable bonds is 3. The number of esters is 1. The molecule has 1 N–H and O–H groups in total. The highest BCUT2D eigenvalue weighted by Crippen LogP contribution is 2.31. The molecule has 0 fully saturated rings. The minimum absolute atomic E-state index is 0.0307. The van der Waals surface area contributed by atoms with Crippen LogP contribution in [0.5, 0.6) is 0 Å². The number of carbonyl (C=O) groups excluding carboxylic acids is 2. The summed E-state index contributed by atoms with van der Waals surface area (Å²) in [6, 6.07) is 8.73. The first-order valence-corrected chi connectivity index (χ1v) is 7.36. The molecule has 24 heavy (non-hydrogen) atoms. The van der Waals surface area contributed by atoms with Crippen molar-refractivity contribution in [2.75, 3.05) is 7.11 Å². The number of aryl methyl sites for hydroxylation is 1. The zero-order valence-electron chi connectivity index (χ0n) is 12.9. The zero-order chi connectivity index (χ0) is 17.1. The van der Waals surface area contributed by atoms with Crippen molar-refractivity contribution in [1.82, 2.24) is 15.3 Å². The van der Waals surface area contributed by atoms with Gasteiger partial charge in [-0.05, 0) is 36.1 Å². The summed E-state index contributed by atoms with van der Waals surface area (Å²) in [4.78, 5) is 31.6. The fourth-order valence-electron chi connectivity index (χ4n) is 2.77. The molecule has 0 bridgehead atoms. The summed E-state index contributed by atoms with van der Waals surface area (Å²) in [6.45, 7) is 0. The fourth-order valence-corrected chi connectivity index (χ4v) is 2.77. The third-order valence-corrected chi connectivity index (χ3v) is 3.95. The Morgan fingerprint density at radius 2 is 2.08 bits per heavy atom. The van der Waals surface area contributed by atoms with Crippen molar-refractivity contribution in [2.24, 2.45) is 0 Å². The second-order valence-electron chi connectivity index (χ2n) is 5.37. The third-order valence-electron chi connectivity index (χ3n) is 3.95. The lowest BCUT2D eigenvalue weighted by atomic mass is 10.1. The van der Waals surface area contributed by atoms with E-state index in [2.05, 4.69) is 26.1 Å². The number of amides is 1. The number of benzene rings is 1. The standard InChI is InChI=1S/C17H14N4O3/c1-24-17(23)15-7-14(19-9-20-15)16(22)21-13-5-3-11-6-10(8-18)2-4-12(11)13/h2,4,6-7,9,13H,3,5H2,1H3,(H,21,22)/t13-/m0/s1. The summed E-state index contributed by atoms with van der Waals surface area (Å²) < 4.78 is 4.59. The van der Waals surface area contributed by atoms with Crippen molar-refractivity contribution in [3.8, 4) is 6.07 Å². The molecular weight excluding hydrogens is 308 g/mol. The first-order chi connectivity index (χ1) is 11.6. The van der Waals surface area contributed by atoms with E-state index in [-0.39, 0.29) is 23.3 Å². The van der Waals surface area contributed by atoms with E-state index < -0.39 is 5.97 Å². The van der Waals surface area contributed by atoms with E-state index in [1.54, 1.807) is 6.07 Å². The maximum absolute atomic E-state index is 12.4. The van der Waals surface area contributed by atoms with E-state index in [0.717, 1.165) is 30.3 Å². The van der Waals surface area contributed by atoms with Crippen molar-refractivity contribution < 1.29 is 14.3 Å². The molecule has 7 heteroatoms. The summed E-state index contributed by atoms with van der Waals surface area (Å²) in [5, 5.41) is 11.9. The number of nitrogens with zero attached hydrogens (tertiary/aromatic N) is 3. The summed E-state index contributed by atoms with van der Waals surface area (Å²) in [5.74, 6) is -1.01. The van der Waals surface area contributed by atoms with Crippen LogP contribution in [0.15, 0.2) is 30.6 Å². The van der Waals surface area contributed by atoms with Crippen molar-refractivity contribution in [1.29, 1.82) is 5.26 Å². The molecule has 0 saturated heterocycles. The molecule has 1 heterocycles. The molecule has 1 aliphatic carbocycles. The average Bonchev–Trinajstić information content (AvgIpc) is 3.03. The Hall–Kier alpha value is -3.27. The van der Waals surface area contributed by atoms with Crippen LogP contribution < -0.4 is 5.32 Å². The number of aromatic nitrogens is 2. The Kier molecular flexibility index (Phi) is 4.20. The van der Waals surface area contributed by atoms with E-state index in [9.17, 15) is 9.59 Å². The molecule has 2 aromatic rings. The van der Waals surface area contributed by atoms with Gasteiger partial charge in [0.05, 0.1) is 24.8 Å². The van der Waals surface area contributed by atoms with Crippen LogP contribution in [0.1, 0.15) is 50.1 Å². The van der Waals surface area contributed by atoms with Gasteiger partial charge >= 0.3 is 5.97 Å². The van der Waals surface area contributed by atoms with Crippen molar-refractivity contribution in [3.63, 3.8) is 0 Å². The van der Waals surface area contributed by atoms with Gasteiger partial charge in [0.15, 0.2) is 5.69 Å². The van der Waals surface area contributed by atoms with Crippen LogP contribution in [0.25, 0.3) is 0 Å². The summed E-state index contributed by atoms with van der Waals surface area (Å²) in [7, 11) is 1.25. The minimum atomic E-state index is -0.623. The third kappa shape index (κ3) is 2.94. The number of nitrogens with one attached hydrogen (secondary N) is 1. The van der Waals surface area contributed by atoms with E-state index in [4.69, 9.17) is 5.26 Å². The zero-order valence-corrected chi connectivity index (χ0v) is 12.9. The normalized spacial score (nSPS) is 15.2. The highest BCUT2D eigenvalue weighted by Gasteiger charge is 2.25. The SMILES string of the molecule is COC(=O)c1cc(C(=O)N[C@H]2CCc3cc(C#N)ccc32)ncn1. The first kappa shape index (κ1) is 15.6. The highest BCUT2D eigenvalue weighted by molar-refractivity contribution is 5.95. The van der Waals surface area contributed by atoms with Gasteiger partial charge in [0.2, 0.25) is 0 Å². The topological polar surface area (TPSA) is 105 Å². The fraction of sp³-hybridized carbons (Fsp3) is 0.235. The van der Waals surface area contributed by atoms with E-state index in [1.807, 2.05) is 12.1 Å². The molecule has 3 rings (SSSR count). The molecule has 0 saturated carbocycles. The van der Waals surface area contributed by atoms with Gasteiger partial charge in [-0.1, -0.05) is 6.07 Å². The Morgan fingerprint density at radius 3 is 2.83 bits per heavy atom. The molecule has 0 spiro atoms. The lowest BCUT2D eigenvalue weighted by Crippen LogP contribution is -2.28. The number of carbonyl (C=O) groups is 2. The van der Waals surface area contributed by atoms with Gasteiger partial charge in [-0.3, -0.25) is 4.79 Å². The van der Waals surface area contributed by atoms with Crippen molar-refractivity contribution >= 4 is 11.9 Å². The Balaban J connectivity index is 1.78. The molecular formula is C17H14N4O3. The molecule has 1 atom stereocenters. The van der Waals surface area contributed by atoms with Gasteiger partial charge in [0, 0.05) is 6.07 Å². The molecule has 1 aromatic carbocycles. The lowest BCUT2D eigenvalue weighted by molar-refractivity contribution is 0.0593. The maximum atomic E-state index is 12.4. The number of ether oxygens (including phenoxy) is 1. The van der Waals surface area contributed by atoms with Gasteiger partial charge in [0.25, 0.3) is 5.91 Å². The molecule has 1 aliphatic rings. The maximum Gasteiger partial charge on any atom is 0.356 e. The molecule has 0 radical (unpaired) electrons. The van der Waals surface area contributed by atoms with Gasteiger partial charge in [0.1, 0.15) is 12.0 Å². The average molecular weight is 322 g/mol. The molecule has 0 aliphatic heterocycles. The molecule has 0 unspecified atom stereocenters. The van der Waals surface area contributed by atoms with E-state index in [1.165, 1.54) is 13.2 Å². The summed E-state index contributed by atoms with van der Waals surface area (Å²) in [6.07, 6.45) is 2.71. The Labute approximate surface area is 138 Å². The first-order valence-electron chi connectivity index (χ1n) is 7.36. The Morgan fingerprint density at radius 1 is 1.29 bits per heavy atom. The molecule has 120 valence electrons. The van der Waals surface area contributed by atoms with Gasteiger partial charge in [-0.15, -0.1) is 0 Å². The van der Waals surface area contributed by atoms with Crippen LogP contribution in [-0.4, -0.2) is 29.0 Å². The largest absolute Gasteiger partial charge is 0.464 e. The second kappa shape index (κ2) is 6.46. The molecule has 1 aromatic heterocycles. The number of hydrogen-bond acceptors (Lipinski definition) is 6. The van der Waals surface area contributed by atoms with Crippen LogP contribution in [0.4, 0.5) is 0 Å². The van der Waals surface area contributed by atoms with Gasteiger partial charge < -0.3 is 10.1 Å². The lowest BCUT2D eigenvalue weighted by Gasteiger charge is -2.14. The minimum Gasteiger partial charge on any atom is -0.464 e.